The van der Waals surface area contributed by atoms with E-state index in [2.05, 4.69) is 0 Å². The topological polar surface area (TPSA) is 26.3 Å². The number of hydrogen-bond donors (Lipinski definition) is 0. The highest BCUT2D eigenvalue weighted by Gasteiger charge is 2.25. The molecule has 0 saturated carbocycles. The predicted octanol–water partition coefficient (Wildman–Crippen LogP) is 2.89. The van der Waals surface area contributed by atoms with E-state index in [9.17, 15) is 9.18 Å². The molecule has 0 bridgehead atoms. The number of carbonyl (C=O) groups is 1. The fourth-order valence-corrected chi connectivity index (χ4v) is 1.92. The first-order chi connectivity index (χ1) is 7.72. The van der Waals surface area contributed by atoms with Crippen molar-refractivity contribution in [3.63, 3.8) is 0 Å². The second-order valence-corrected chi connectivity index (χ2v) is 3.72. The van der Waals surface area contributed by atoms with E-state index < -0.39 is 0 Å². The average molecular weight is 220 g/mol. The van der Waals surface area contributed by atoms with Gasteiger partial charge in [-0.05, 0) is 36.6 Å². The van der Waals surface area contributed by atoms with E-state index >= 15 is 0 Å². The summed E-state index contributed by atoms with van der Waals surface area (Å²) in [6, 6.07) is 4.50. The number of carbonyl (C=O) groups excluding carboxylic acids is 1. The third-order valence-corrected chi connectivity index (χ3v) is 2.66. The largest absolute Gasteiger partial charge is 0.466 e. The molecule has 0 spiro atoms. The first-order valence-electron chi connectivity index (χ1n) is 5.35. The summed E-state index contributed by atoms with van der Waals surface area (Å²) in [5.41, 5.74) is 1.62. The molecule has 0 N–H and O–H groups in total. The van der Waals surface area contributed by atoms with Crippen molar-refractivity contribution in [2.75, 3.05) is 6.61 Å². The van der Waals surface area contributed by atoms with Crippen LogP contribution in [0.5, 0.6) is 0 Å². The Bertz CT molecular complexity index is 438. The molecule has 0 aromatic heterocycles. The van der Waals surface area contributed by atoms with Crippen LogP contribution in [0.1, 0.15) is 30.4 Å². The zero-order valence-corrected chi connectivity index (χ0v) is 9.07. The number of halogens is 1. The lowest BCUT2D eigenvalue weighted by Gasteiger charge is -2.20. The molecule has 0 heterocycles. The normalized spacial score (nSPS) is 18.0. The fourth-order valence-electron chi connectivity index (χ4n) is 1.92. The van der Waals surface area contributed by atoms with Gasteiger partial charge in [0.2, 0.25) is 0 Å². The van der Waals surface area contributed by atoms with Crippen LogP contribution in [0.3, 0.4) is 0 Å². The monoisotopic (exact) mass is 220 g/mol. The first-order valence-corrected chi connectivity index (χ1v) is 5.35. The lowest BCUT2D eigenvalue weighted by Crippen LogP contribution is -2.18. The van der Waals surface area contributed by atoms with E-state index in [0.717, 1.165) is 11.1 Å². The Hall–Kier alpha value is -1.64. The van der Waals surface area contributed by atoms with Crippen LogP contribution < -0.4 is 0 Å². The molecule has 2 rings (SSSR count). The van der Waals surface area contributed by atoms with Crippen molar-refractivity contribution in [1.82, 2.24) is 0 Å². The lowest BCUT2D eigenvalue weighted by molar-refractivity contribution is -0.144. The third-order valence-electron chi connectivity index (χ3n) is 2.66. The van der Waals surface area contributed by atoms with Crippen LogP contribution in [0.15, 0.2) is 24.3 Å². The Morgan fingerprint density at radius 3 is 3.12 bits per heavy atom. The quantitative estimate of drug-likeness (QED) is 0.716. The second kappa shape index (κ2) is 4.47. The number of allylic oxidation sites excluding steroid dienone is 1. The summed E-state index contributed by atoms with van der Waals surface area (Å²) in [5, 5.41) is 0. The first kappa shape index (κ1) is 10.9. The van der Waals surface area contributed by atoms with Gasteiger partial charge in [-0.15, -0.1) is 0 Å². The third kappa shape index (κ3) is 1.98. The van der Waals surface area contributed by atoms with E-state index in [1.807, 2.05) is 12.2 Å². The summed E-state index contributed by atoms with van der Waals surface area (Å²) in [7, 11) is 0. The van der Waals surface area contributed by atoms with Gasteiger partial charge in [0.05, 0.1) is 12.5 Å². The van der Waals surface area contributed by atoms with Crippen LogP contribution in [-0.2, 0) is 9.53 Å². The van der Waals surface area contributed by atoms with Gasteiger partial charge in [0.25, 0.3) is 0 Å². The molecular weight excluding hydrogens is 207 g/mol. The van der Waals surface area contributed by atoms with Crippen molar-refractivity contribution >= 4 is 12.0 Å². The lowest BCUT2D eigenvalue weighted by atomic mass is 9.87. The summed E-state index contributed by atoms with van der Waals surface area (Å²) in [6.07, 6.45) is 4.40. The van der Waals surface area contributed by atoms with Gasteiger partial charge < -0.3 is 4.74 Å². The fraction of sp³-hybridized carbons (Fsp3) is 0.308. The van der Waals surface area contributed by atoms with Gasteiger partial charge in [-0.25, -0.2) is 4.39 Å². The molecule has 84 valence electrons. The van der Waals surface area contributed by atoms with E-state index in [1.165, 1.54) is 12.1 Å². The van der Waals surface area contributed by atoms with Crippen LogP contribution in [0.25, 0.3) is 6.08 Å². The molecular formula is C13H13FO2. The number of esters is 1. The molecule has 0 aliphatic heterocycles. The van der Waals surface area contributed by atoms with Gasteiger partial charge >= 0.3 is 5.97 Å². The minimum absolute atomic E-state index is 0.279. The highest BCUT2D eigenvalue weighted by Crippen LogP contribution is 2.31. The summed E-state index contributed by atoms with van der Waals surface area (Å²) >= 11 is 0. The number of fused-ring (bicyclic) bond motifs is 1. The molecule has 0 radical (unpaired) electrons. The molecule has 1 atom stereocenters. The summed E-state index contributed by atoms with van der Waals surface area (Å²) in [5.74, 6) is -0.960. The number of rotatable bonds is 2. The zero-order valence-electron chi connectivity index (χ0n) is 9.07. The summed E-state index contributed by atoms with van der Waals surface area (Å²) < 4.78 is 18.1. The van der Waals surface area contributed by atoms with E-state index in [1.54, 1.807) is 13.0 Å². The summed E-state index contributed by atoms with van der Waals surface area (Å²) in [6.45, 7) is 2.12. The minimum atomic E-state index is -0.365. The number of hydrogen-bond acceptors (Lipinski definition) is 2. The van der Waals surface area contributed by atoms with Crippen LogP contribution in [0.2, 0.25) is 0 Å². The average Bonchev–Trinajstić information content (AvgIpc) is 2.28. The van der Waals surface area contributed by atoms with Crippen LogP contribution in [-0.4, -0.2) is 12.6 Å². The van der Waals surface area contributed by atoms with E-state index in [4.69, 9.17) is 4.74 Å². The maximum Gasteiger partial charge on any atom is 0.313 e. The van der Waals surface area contributed by atoms with Gasteiger partial charge in [0.15, 0.2) is 0 Å². The number of ether oxygens (including phenoxy) is 1. The molecule has 0 saturated heterocycles. The zero-order chi connectivity index (χ0) is 11.5. The molecule has 2 nitrogen and oxygen atoms in total. The molecule has 1 aliphatic rings. The maximum atomic E-state index is 13.1. The van der Waals surface area contributed by atoms with Crippen LogP contribution >= 0.6 is 0 Å². The van der Waals surface area contributed by atoms with Crippen LogP contribution in [0, 0.1) is 5.82 Å². The molecule has 0 fully saturated rings. The van der Waals surface area contributed by atoms with Crippen molar-refractivity contribution in [3.8, 4) is 0 Å². The predicted molar refractivity (Wildman–Crippen MR) is 59.4 cm³/mol. The van der Waals surface area contributed by atoms with Gasteiger partial charge in [-0.3, -0.25) is 4.79 Å². The Kier molecular flexibility index (Phi) is 3.04. The van der Waals surface area contributed by atoms with E-state index in [0.29, 0.717) is 13.0 Å². The second-order valence-electron chi connectivity index (χ2n) is 3.72. The van der Waals surface area contributed by atoms with Gasteiger partial charge in [-0.2, -0.15) is 0 Å². The van der Waals surface area contributed by atoms with Gasteiger partial charge in [0.1, 0.15) is 5.82 Å². The molecule has 1 aliphatic carbocycles. The van der Waals surface area contributed by atoms with Crippen LogP contribution in [0.4, 0.5) is 4.39 Å². The molecule has 16 heavy (non-hydrogen) atoms. The highest BCUT2D eigenvalue weighted by molar-refractivity contribution is 5.81. The van der Waals surface area contributed by atoms with Crippen molar-refractivity contribution < 1.29 is 13.9 Å². The molecule has 1 aromatic carbocycles. The molecule has 1 unspecified atom stereocenters. The van der Waals surface area contributed by atoms with Gasteiger partial charge in [0, 0.05) is 0 Å². The Morgan fingerprint density at radius 1 is 1.56 bits per heavy atom. The standard InChI is InChI=1S/C13H13FO2/c1-2-16-13(15)11-5-3-4-9-6-7-10(14)8-12(9)11/h3-4,6-8,11H,2,5H2,1H3. The maximum absolute atomic E-state index is 13.1. The van der Waals surface area contributed by atoms with Crippen molar-refractivity contribution in [3.05, 3.63) is 41.2 Å². The Morgan fingerprint density at radius 2 is 2.38 bits per heavy atom. The van der Waals surface area contributed by atoms with Crippen molar-refractivity contribution in [2.24, 2.45) is 0 Å². The van der Waals surface area contributed by atoms with Crippen molar-refractivity contribution in [1.29, 1.82) is 0 Å². The van der Waals surface area contributed by atoms with Crippen molar-refractivity contribution in [2.45, 2.75) is 19.3 Å². The summed E-state index contributed by atoms with van der Waals surface area (Å²) in [4.78, 5) is 11.7. The highest BCUT2D eigenvalue weighted by atomic mass is 19.1. The van der Waals surface area contributed by atoms with Gasteiger partial charge in [-0.1, -0.05) is 18.2 Å². The minimum Gasteiger partial charge on any atom is -0.466 e. The Balaban J connectivity index is 2.35. The van der Waals surface area contributed by atoms with E-state index in [-0.39, 0.29) is 17.7 Å². The molecule has 1 aromatic rings. The molecule has 0 amide bonds. The Labute approximate surface area is 93.7 Å². The smallest absolute Gasteiger partial charge is 0.313 e. The SMILES string of the molecule is CCOC(=O)C1CC=Cc2ccc(F)cc21. The molecule has 3 heteroatoms. The number of benzene rings is 1.